The standard InChI is InChI=1S/C36H26/c1-5-6-2-10-14-19-22-20-16-12-4-8-7-3-11-15-18-21-17-13-9(1)23(5)24(6,10)28(14)27(13,23)31(17)32(19,28)36(22)34(20)30(16)26(8,12)25(7,11)29(15,30)33(18,34)35(21,31)36/h5-22H,1-4H2. The Bertz CT molecular complexity index is 1750. The quantitative estimate of drug-likeness (QED) is 0.518. The van der Waals surface area contributed by atoms with Crippen LogP contribution in [-0.2, 0) is 0 Å². The first-order valence-corrected chi connectivity index (χ1v) is 17.9. The van der Waals surface area contributed by atoms with Crippen molar-refractivity contribution in [3.05, 3.63) is 0 Å². The molecule has 0 aromatic rings. The van der Waals surface area contributed by atoms with Gasteiger partial charge < -0.3 is 0 Å². The maximum Gasteiger partial charge on any atom is -0.00502 e. The van der Waals surface area contributed by atoms with Crippen molar-refractivity contribution in [2.75, 3.05) is 0 Å². The number of fused-ring (bicyclic) bond motifs is 14. The average Bonchev–Trinajstić information content (AvgIpc) is 2.73. The lowest BCUT2D eigenvalue weighted by Gasteiger charge is -3.53. The lowest BCUT2D eigenvalue weighted by atomic mass is 8.49. The highest BCUT2D eigenvalue weighted by molar-refractivity contribution is 5.98. The van der Waals surface area contributed by atoms with E-state index in [2.05, 4.69) is 0 Å². The Kier molecular flexibility index (Phi) is 0.706. The summed E-state index contributed by atoms with van der Waals surface area (Å²) >= 11 is 0. The van der Waals surface area contributed by atoms with E-state index in [0.717, 1.165) is 75.8 Å². The first-order chi connectivity index (χ1) is 17.9. The second-order valence-electron chi connectivity index (χ2n) is 22.6. The first kappa shape index (κ1) is 12.7. The first-order valence-electron chi connectivity index (χ1n) is 17.9. The largest absolute Gasteiger partial charge is 0.0458 e. The Balaban J connectivity index is 0.964. The van der Waals surface area contributed by atoms with E-state index in [9.17, 15) is 0 Å². The van der Waals surface area contributed by atoms with E-state index in [1.54, 1.807) is 25.7 Å². The van der Waals surface area contributed by atoms with Crippen LogP contribution in [0.1, 0.15) is 25.7 Å². The molecular weight excluding hydrogens is 432 g/mol. The molecule has 24 rings (SSSR count). The molecular formula is C36H26. The minimum Gasteiger partial charge on any atom is -0.0458 e. The molecule has 24 saturated carbocycles. The minimum absolute atomic E-state index is 1.10. The van der Waals surface area contributed by atoms with Crippen LogP contribution in [0.5, 0.6) is 0 Å². The van der Waals surface area contributed by atoms with Crippen LogP contribution < -0.4 is 0 Å². The zero-order valence-corrected chi connectivity index (χ0v) is 20.2. The van der Waals surface area contributed by atoms with Gasteiger partial charge in [-0.05, 0) is 208 Å². The van der Waals surface area contributed by atoms with E-state index in [1.807, 2.05) is 0 Å². The van der Waals surface area contributed by atoms with Gasteiger partial charge in [-0.2, -0.15) is 0 Å². The van der Waals surface area contributed by atoms with Crippen molar-refractivity contribution in [1.82, 2.24) is 0 Å². The number of hydrogen-bond acceptors (Lipinski definition) is 0. The highest BCUT2D eigenvalue weighted by Gasteiger charge is 3.53. The summed E-state index contributed by atoms with van der Waals surface area (Å²) in [5.74, 6) is 24.7. The van der Waals surface area contributed by atoms with Gasteiger partial charge in [-0.15, -0.1) is 0 Å². The SMILES string of the molecule is C1C2C3CC4C5C6C7C8C9C%10CC%11C%12CC%13C%14C%15C%16C%17C%18C1C21C34C52C%181C%171C62C72C83C94C%11%10C%12%13C%144C%153C%1612. The van der Waals surface area contributed by atoms with E-state index < -0.39 is 0 Å². The summed E-state index contributed by atoms with van der Waals surface area (Å²) in [7, 11) is 0. The third-order valence-electron chi connectivity index (χ3n) is 29.6. The van der Waals surface area contributed by atoms with Gasteiger partial charge in [0.2, 0.25) is 0 Å². The van der Waals surface area contributed by atoms with Crippen molar-refractivity contribution in [2.24, 2.45) is 182 Å². The topological polar surface area (TPSA) is 0 Å². The Morgan fingerprint density at radius 1 is 0.222 bits per heavy atom. The van der Waals surface area contributed by atoms with Gasteiger partial charge in [0, 0.05) is 0 Å². The van der Waals surface area contributed by atoms with E-state index >= 15 is 0 Å². The van der Waals surface area contributed by atoms with Crippen LogP contribution in [0.4, 0.5) is 0 Å². The molecule has 0 heterocycles. The summed E-state index contributed by atoms with van der Waals surface area (Å²) in [6, 6.07) is 0. The molecule has 170 valence electrons. The van der Waals surface area contributed by atoms with Crippen molar-refractivity contribution >= 4 is 0 Å². The van der Waals surface area contributed by atoms with Gasteiger partial charge in [-0.1, -0.05) is 0 Å². The predicted molar refractivity (Wildman–Crippen MR) is 115 cm³/mol. The van der Waals surface area contributed by atoms with E-state index in [-0.39, 0.29) is 0 Å². The van der Waals surface area contributed by atoms with Crippen LogP contribution in [0.2, 0.25) is 0 Å². The summed E-state index contributed by atoms with van der Waals surface area (Å²) in [6.07, 6.45) is 7.17. The zero-order valence-electron chi connectivity index (χ0n) is 20.2. The van der Waals surface area contributed by atoms with E-state index in [1.165, 1.54) is 107 Å². The van der Waals surface area contributed by atoms with E-state index in [4.69, 9.17) is 0 Å². The van der Waals surface area contributed by atoms with Gasteiger partial charge >= 0.3 is 0 Å². The van der Waals surface area contributed by atoms with Crippen molar-refractivity contribution in [2.45, 2.75) is 25.7 Å². The molecule has 0 N–H and O–H groups in total. The molecule has 28 unspecified atom stereocenters. The molecule has 0 saturated heterocycles. The van der Waals surface area contributed by atoms with Crippen molar-refractivity contribution in [3.63, 3.8) is 0 Å². The summed E-state index contributed by atoms with van der Waals surface area (Å²) in [5, 5.41) is 0. The molecule has 0 amide bonds. The van der Waals surface area contributed by atoms with Crippen LogP contribution in [0.15, 0.2) is 0 Å². The average molecular weight is 459 g/mol. The molecule has 0 aliphatic heterocycles. The zero-order chi connectivity index (χ0) is 20.2. The molecule has 24 fully saturated rings. The van der Waals surface area contributed by atoms with Crippen LogP contribution in [-0.4, -0.2) is 0 Å². The van der Waals surface area contributed by atoms with Crippen LogP contribution in [0, 0.1) is 182 Å². The molecule has 14 spiro atoms. The smallest absolute Gasteiger partial charge is 0.00502 e. The summed E-state index contributed by atoms with van der Waals surface area (Å²) < 4.78 is 0. The molecule has 0 heteroatoms. The fourth-order valence-corrected chi connectivity index (χ4v) is 36.3. The van der Waals surface area contributed by atoms with Gasteiger partial charge in [0.05, 0.1) is 0 Å². The van der Waals surface area contributed by atoms with Gasteiger partial charge in [0.1, 0.15) is 0 Å². The maximum atomic E-state index is 1.79. The monoisotopic (exact) mass is 458 g/mol. The van der Waals surface area contributed by atoms with Gasteiger partial charge in [0.15, 0.2) is 0 Å². The highest BCUT2D eigenvalue weighted by Crippen LogP contribution is 3.55. The van der Waals surface area contributed by atoms with Gasteiger partial charge in [0.25, 0.3) is 0 Å². The van der Waals surface area contributed by atoms with Gasteiger partial charge in [-0.3, -0.25) is 0 Å². The third kappa shape index (κ3) is 0.301. The molecule has 24 aliphatic rings. The van der Waals surface area contributed by atoms with Crippen LogP contribution in [0.25, 0.3) is 0 Å². The molecule has 0 nitrogen and oxygen atoms in total. The molecule has 0 aromatic carbocycles. The van der Waals surface area contributed by atoms with Crippen molar-refractivity contribution in [3.8, 4) is 0 Å². The van der Waals surface area contributed by atoms with E-state index in [0.29, 0.717) is 0 Å². The van der Waals surface area contributed by atoms with Crippen molar-refractivity contribution < 1.29 is 0 Å². The molecule has 36 heavy (non-hydrogen) atoms. The lowest BCUT2D eigenvalue weighted by Crippen LogP contribution is -3.52. The van der Waals surface area contributed by atoms with Crippen molar-refractivity contribution in [1.29, 1.82) is 0 Å². The summed E-state index contributed by atoms with van der Waals surface area (Å²) in [6.45, 7) is 0. The molecule has 0 aromatic heterocycles. The molecule has 24 aliphatic carbocycles. The second-order valence-corrected chi connectivity index (χ2v) is 22.6. The Labute approximate surface area is 207 Å². The molecule has 0 radical (unpaired) electrons. The lowest BCUT2D eigenvalue weighted by molar-refractivity contribution is -1.08. The second kappa shape index (κ2) is 2.01. The fraction of sp³-hybridized carbons (Fsp3) is 1.00. The number of rotatable bonds is 0. The highest BCUT2D eigenvalue weighted by atomic mass is 15.6. The summed E-state index contributed by atoms with van der Waals surface area (Å²) in [5.41, 5.74) is 15.6. The molecule has 28 atom stereocenters. The predicted octanol–water partition coefficient (Wildman–Crippen LogP) is 3.77. The van der Waals surface area contributed by atoms with Crippen LogP contribution in [0.3, 0.4) is 0 Å². The van der Waals surface area contributed by atoms with Gasteiger partial charge in [-0.25, -0.2) is 0 Å². The Morgan fingerprint density at radius 2 is 0.444 bits per heavy atom. The third-order valence-corrected chi connectivity index (χ3v) is 29.6. The fourth-order valence-electron chi connectivity index (χ4n) is 36.3. The summed E-state index contributed by atoms with van der Waals surface area (Å²) in [4.78, 5) is 0. The normalized spacial score (nSPS) is 131. The Hall–Kier alpha value is 0. The maximum absolute atomic E-state index is 1.79. The minimum atomic E-state index is 1.10. The number of hydrogen-bond donors (Lipinski definition) is 0. The molecule has 0 bridgehead atoms. The Morgan fingerprint density at radius 3 is 0.722 bits per heavy atom. The van der Waals surface area contributed by atoms with Crippen LogP contribution >= 0.6 is 0 Å².